The van der Waals surface area contributed by atoms with Crippen LogP contribution >= 0.6 is 0 Å². The summed E-state index contributed by atoms with van der Waals surface area (Å²) < 4.78 is 0. The van der Waals surface area contributed by atoms with E-state index in [2.05, 4.69) is 21.4 Å². The topological polar surface area (TPSA) is 37.8 Å². The lowest BCUT2D eigenvalue weighted by Gasteiger charge is -2.26. The highest BCUT2D eigenvalue weighted by Gasteiger charge is 2.25. The van der Waals surface area contributed by atoms with E-state index in [4.69, 9.17) is 0 Å². The number of aromatic nitrogens is 2. The Morgan fingerprint density at radius 2 is 2.21 bits per heavy atom. The Hall–Kier alpha value is -0.960. The fourth-order valence-corrected chi connectivity index (χ4v) is 1.87. The molecule has 2 aliphatic rings. The van der Waals surface area contributed by atoms with E-state index in [9.17, 15) is 0 Å². The normalized spacial score (nSPS) is 22.0. The molecule has 0 atom stereocenters. The van der Waals surface area contributed by atoms with E-state index in [1.807, 2.05) is 6.20 Å². The summed E-state index contributed by atoms with van der Waals surface area (Å²) in [6, 6.07) is 2.07. The molecule has 1 saturated carbocycles. The van der Waals surface area contributed by atoms with Crippen LogP contribution in [0.5, 0.6) is 0 Å². The van der Waals surface area contributed by atoms with Crippen molar-refractivity contribution >= 4 is 0 Å². The third-order valence-electron chi connectivity index (χ3n) is 3.06. The van der Waals surface area contributed by atoms with Crippen LogP contribution in [0.25, 0.3) is 0 Å². The zero-order valence-electron chi connectivity index (χ0n) is 8.24. The molecular formula is C11H15N3. The van der Waals surface area contributed by atoms with Crippen molar-refractivity contribution in [1.82, 2.24) is 15.3 Å². The fraction of sp³-hybridized carbons (Fsp3) is 0.636. The molecule has 2 fully saturated rings. The Bertz CT molecular complexity index is 329. The molecule has 0 aromatic carbocycles. The van der Waals surface area contributed by atoms with Crippen molar-refractivity contribution in [2.45, 2.75) is 25.2 Å². The largest absolute Gasteiger partial charge is 0.316 e. The van der Waals surface area contributed by atoms with Crippen molar-refractivity contribution in [2.75, 3.05) is 13.1 Å². The first kappa shape index (κ1) is 8.36. The monoisotopic (exact) mass is 189 g/mol. The number of nitrogens with one attached hydrogen (secondary N) is 1. The molecule has 1 aromatic rings. The van der Waals surface area contributed by atoms with Crippen molar-refractivity contribution in [1.29, 1.82) is 0 Å². The lowest BCUT2D eigenvalue weighted by atomic mass is 9.99. The van der Waals surface area contributed by atoms with E-state index in [1.54, 1.807) is 0 Å². The summed E-state index contributed by atoms with van der Waals surface area (Å²) in [4.78, 5) is 8.95. The second-order valence-corrected chi connectivity index (χ2v) is 4.40. The zero-order chi connectivity index (χ0) is 9.38. The maximum Gasteiger partial charge on any atom is 0.128 e. The van der Waals surface area contributed by atoms with Gasteiger partial charge in [-0.3, -0.25) is 0 Å². The van der Waals surface area contributed by atoms with E-state index in [-0.39, 0.29) is 0 Å². The molecule has 3 rings (SSSR count). The molecule has 0 bridgehead atoms. The highest BCUT2D eigenvalue weighted by Crippen LogP contribution is 2.38. The molecule has 3 nitrogen and oxygen atoms in total. The Kier molecular flexibility index (Phi) is 1.98. The molecule has 3 heteroatoms. The summed E-state index contributed by atoms with van der Waals surface area (Å²) in [5.41, 5.74) is 1.27. The molecule has 0 unspecified atom stereocenters. The van der Waals surface area contributed by atoms with Crippen LogP contribution in [0.4, 0.5) is 0 Å². The van der Waals surface area contributed by atoms with Gasteiger partial charge in [-0.25, -0.2) is 9.97 Å². The predicted octanol–water partition coefficient (Wildman–Crippen LogP) is 1.12. The maximum atomic E-state index is 4.62. The van der Waals surface area contributed by atoms with E-state index in [1.165, 1.54) is 18.5 Å². The van der Waals surface area contributed by atoms with E-state index in [0.29, 0.717) is 0 Å². The van der Waals surface area contributed by atoms with Gasteiger partial charge < -0.3 is 5.32 Å². The summed E-state index contributed by atoms with van der Waals surface area (Å²) in [7, 11) is 0. The Morgan fingerprint density at radius 1 is 1.36 bits per heavy atom. The molecule has 1 aromatic heterocycles. The van der Waals surface area contributed by atoms with E-state index in [0.717, 1.165) is 37.2 Å². The number of hydrogen-bond donors (Lipinski definition) is 1. The first-order chi connectivity index (χ1) is 6.92. The number of rotatable bonds is 3. The fourth-order valence-electron chi connectivity index (χ4n) is 1.87. The second-order valence-electron chi connectivity index (χ2n) is 4.40. The van der Waals surface area contributed by atoms with Gasteiger partial charge in [-0.15, -0.1) is 0 Å². The standard InChI is InChI=1S/C11H15N3/c1-2-9(1)10-3-4-13-11(14-10)5-8-6-12-7-8/h3-4,8-9,12H,1-2,5-7H2. The third kappa shape index (κ3) is 1.64. The van der Waals surface area contributed by atoms with Crippen LogP contribution in [-0.4, -0.2) is 23.1 Å². The average molecular weight is 189 g/mol. The average Bonchev–Trinajstić information content (AvgIpc) is 2.95. The lowest BCUT2D eigenvalue weighted by Crippen LogP contribution is -2.43. The second kappa shape index (κ2) is 3.31. The van der Waals surface area contributed by atoms with Crippen LogP contribution in [0, 0.1) is 5.92 Å². The molecule has 0 radical (unpaired) electrons. The molecule has 2 heterocycles. The van der Waals surface area contributed by atoms with Crippen LogP contribution in [-0.2, 0) is 6.42 Å². The van der Waals surface area contributed by atoms with Crippen molar-refractivity contribution < 1.29 is 0 Å². The summed E-state index contributed by atoms with van der Waals surface area (Å²) in [6.45, 7) is 2.27. The highest BCUT2D eigenvalue weighted by molar-refractivity contribution is 5.14. The van der Waals surface area contributed by atoms with Gasteiger partial charge in [0.25, 0.3) is 0 Å². The Labute approximate surface area is 84.0 Å². The van der Waals surface area contributed by atoms with Crippen molar-refractivity contribution in [3.05, 3.63) is 23.8 Å². The molecule has 1 aliphatic carbocycles. The quantitative estimate of drug-likeness (QED) is 0.774. The Balaban J connectivity index is 1.72. The van der Waals surface area contributed by atoms with Gasteiger partial charge in [0, 0.05) is 24.2 Å². The molecule has 0 spiro atoms. The molecular weight excluding hydrogens is 174 g/mol. The Morgan fingerprint density at radius 3 is 2.86 bits per heavy atom. The summed E-state index contributed by atoms with van der Waals surface area (Å²) in [5, 5.41) is 3.28. The van der Waals surface area contributed by atoms with Crippen LogP contribution in [0.1, 0.15) is 30.3 Å². The molecule has 0 amide bonds. The lowest BCUT2D eigenvalue weighted by molar-refractivity contribution is 0.341. The summed E-state index contributed by atoms with van der Waals surface area (Å²) in [5.74, 6) is 2.56. The summed E-state index contributed by atoms with van der Waals surface area (Å²) in [6.07, 6.45) is 5.61. The SMILES string of the molecule is c1cc(C2CC2)nc(CC2CNC2)n1. The van der Waals surface area contributed by atoms with Crippen molar-refractivity contribution in [2.24, 2.45) is 5.92 Å². The van der Waals surface area contributed by atoms with Crippen LogP contribution in [0.15, 0.2) is 12.3 Å². The first-order valence-electron chi connectivity index (χ1n) is 5.44. The molecule has 1 aliphatic heterocycles. The van der Waals surface area contributed by atoms with E-state index >= 15 is 0 Å². The highest BCUT2D eigenvalue weighted by atomic mass is 15.0. The molecule has 14 heavy (non-hydrogen) atoms. The van der Waals surface area contributed by atoms with Crippen LogP contribution < -0.4 is 5.32 Å². The molecule has 1 saturated heterocycles. The van der Waals surface area contributed by atoms with Gasteiger partial charge in [-0.2, -0.15) is 0 Å². The number of nitrogens with zero attached hydrogens (tertiary/aromatic N) is 2. The maximum absolute atomic E-state index is 4.62. The minimum Gasteiger partial charge on any atom is -0.316 e. The van der Waals surface area contributed by atoms with Gasteiger partial charge in [0.05, 0.1) is 0 Å². The van der Waals surface area contributed by atoms with Gasteiger partial charge >= 0.3 is 0 Å². The van der Waals surface area contributed by atoms with Crippen molar-refractivity contribution in [3.8, 4) is 0 Å². The van der Waals surface area contributed by atoms with Gasteiger partial charge in [-0.05, 0) is 37.9 Å². The predicted molar refractivity (Wildman–Crippen MR) is 54.1 cm³/mol. The zero-order valence-corrected chi connectivity index (χ0v) is 8.24. The van der Waals surface area contributed by atoms with Crippen LogP contribution in [0.3, 0.4) is 0 Å². The number of hydrogen-bond acceptors (Lipinski definition) is 3. The van der Waals surface area contributed by atoms with Gasteiger partial charge in [0.1, 0.15) is 5.82 Å². The van der Waals surface area contributed by atoms with Crippen LogP contribution in [0.2, 0.25) is 0 Å². The van der Waals surface area contributed by atoms with Gasteiger partial charge in [-0.1, -0.05) is 0 Å². The molecule has 74 valence electrons. The summed E-state index contributed by atoms with van der Waals surface area (Å²) >= 11 is 0. The minimum atomic E-state index is 0.747. The third-order valence-corrected chi connectivity index (χ3v) is 3.06. The first-order valence-corrected chi connectivity index (χ1v) is 5.44. The van der Waals surface area contributed by atoms with E-state index < -0.39 is 0 Å². The minimum absolute atomic E-state index is 0.747. The van der Waals surface area contributed by atoms with Crippen molar-refractivity contribution in [3.63, 3.8) is 0 Å². The smallest absolute Gasteiger partial charge is 0.128 e. The van der Waals surface area contributed by atoms with Gasteiger partial charge in [0.15, 0.2) is 0 Å². The molecule has 1 N–H and O–H groups in total. The van der Waals surface area contributed by atoms with Gasteiger partial charge in [0.2, 0.25) is 0 Å².